The smallest absolute Gasteiger partial charge is 0.481 e. The average molecular weight is 1260 g/mol. The number of alkyl halides is 6. The maximum atomic E-state index is 15.0. The number of aliphatic carboxylic acids is 1. The Hall–Kier alpha value is -7.38. The molecule has 3 atom stereocenters. The fourth-order valence-corrected chi connectivity index (χ4v) is 15.0. The summed E-state index contributed by atoms with van der Waals surface area (Å²) in [6.07, 6.45) is -9.33. The normalized spacial score (nSPS) is 17.8. The molecule has 0 radical (unpaired) electrons. The number of nitrogens with zero attached hydrogens (tertiary/aromatic N) is 6. The fourth-order valence-electron chi connectivity index (χ4n) is 9.95. The highest BCUT2D eigenvalue weighted by molar-refractivity contribution is 7.89. The number of hydrogen-bond acceptors (Lipinski definition) is 16. The van der Waals surface area contributed by atoms with Gasteiger partial charge in [-0.15, -0.1) is 37.7 Å². The Morgan fingerprint density at radius 3 is 1.73 bits per heavy atom. The van der Waals surface area contributed by atoms with Crippen molar-refractivity contribution < 1.29 is 82.0 Å². The minimum absolute atomic E-state index is 0.0222. The molecule has 85 heavy (non-hydrogen) atoms. The summed E-state index contributed by atoms with van der Waals surface area (Å²) in [5, 5.41) is 27.2. The molecule has 9 rings (SSSR count). The highest BCUT2D eigenvalue weighted by Gasteiger charge is 2.44. The molecule has 4 aromatic carbocycles. The molecule has 3 aliphatic rings. The van der Waals surface area contributed by atoms with Gasteiger partial charge in [0.2, 0.25) is 31.9 Å². The third kappa shape index (κ3) is 14.8. The van der Waals surface area contributed by atoms with Gasteiger partial charge in [0.15, 0.2) is 10.3 Å². The lowest BCUT2D eigenvalue weighted by Crippen LogP contribution is -2.60. The number of rotatable bonds is 21. The van der Waals surface area contributed by atoms with Crippen LogP contribution in [0.1, 0.15) is 99.7 Å². The monoisotopic (exact) mass is 1260 g/mol. The molecule has 2 aliphatic heterocycles. The maximum absolute atomic E-state index is 15.0. The number of carbonyl (C=O) groups excluding carboxylic acids is 2. The first-order valence-electron chi connectivity index (χ1n) is 26.4. The first-order valence-corrected chi connectivity index (χ1v) is 31.0. The number of anilines is 2. The highest BCUT2D eigenvalue weighted by Crippen LogP contribution is 2.42. The van der Waals surface area contributed by atoms with Gasteiger partial charge in [0.1, 0.15) is 28.5 Å². The van der Waals surface area contributed by atoms with Gasteiger partial charge in [-0.3, -0.25) is 14.4 Å². The van der Waals surface area contributed by atoms with Gasteiger partial charge in [0.25, 0.3) is 0 Å². The SMILES string of the molecule is Cc1nc(N2CCN(S(=O)(=O)c3ccc(OC(F)(F)F)c(C(CC(=O)O)c4csc(N5CCN(S(=O)(=O)c6ccc(OC(F)(F)F)cc6)[C@@H](C(=O)NCc6ccc(C(C)C)cc6)C5)n4)c3)[C@@H](C(=O)NCc3ccc(C4CC4)cc3)C2)sc1C(=O)O. The van der Waals surface area contributed by atoms with Crippen molar-refractivity contribution in [2.75, 3.05) is 49.1 Å². The Morgan fingerprint density at radius 1 is 0.694 bits per heavy atom. The molecule has 3 fully saturated rings. The Bertz CT molecular complexity index is 3680. The van der Waals surface area contributed by atoms with Crippen molar-refractivity contribution in [3.05, 3.63) is 140 Å². The molecule has 4 N–H and O–H groups in total. The third-order valence-corrected chi connectivity index (χ3v) is 20.4. The topological polar surface area (TPSA) is 258 Å². The van der Waals surface area contributed by atoms with Gasteiger partial charge in [0.05, 0.1) is 27.6 Å². The summed E-state index contributed by atoms with van der Waals surface area (Å²) >= 11 is 1.67. The molecule has 1 saturated carbocycles. The number of aryl methyl sites for hydroxylation is 1. The molecular formula is C55H56F6N8O12S4. The van der Waals surface area contributed by atoms with Gasteiger partial charge in [-0.05, 0) is 96.3 Å². The highest BCUT2D eigenvalue weighted by atomic mass is 32.2. The largest absolute Gasteiger partial charge is 0.573 e. The van der Waals surface area contributed by atoms with Gasteiger partial charge in [0, 0.05) is 69.2 Å². The van der Waals surface area contributed by atoms with E-state index in [0.29, 0.717) is 23.1 Å². The van der Waals surface area contributed by atoms with Crippen molar-refractivity contribution in [3.63, 3.8) is 0 Å². The summed E-state index contributed by atoms with van der Waals surface area (Å²) < 4.78 is 150. The van der Waals surface area contributed by atoms with Crippen molar-refractivity contribution in [3.8, 4) is 11.5 Å². The molecule has 20 nitrogen and oxygen atoms in total. The van der Waals surface area contributed by atoms with E-state index in [0.717, 1.165) is 91.7 Å². The number of nitrogens with one attached hydrogen (secondary N) is 2. The maximum Gasteiger partial charge on any atom is 0.573 e. The molecule has 1 unspecified atom stereocenters. The van der Waals surface area contributed by atoms with Crippen LogP contribution in [0.3, 0.4) is 0 Å². The summed E-state index contributed by atoms with van der Waals surface area (Å²) in [5.41, 5.74) is 2.91. The number of carbonyl (C=O) groups is 4. The standard InChI is InChI=1S/C55H56F6N8O12S4/c1-31(2)35-8-4-33(5-9-35)26-62-49(72)44-28-66(20-22-68(44)84(76,77)39-16-14-38(15-17-39)80-54(56,57)58)52-65-43(30-82-52)41(25-47(70)71)42-24-40(18-19-46(42)81-55(59,60)61)85(78,79)69-23-21-67(53-64-32(3)48(83-53)51(74)75)29-45(69)50(73)63-27-34-6-10-36(11-7-34)37-12-13-37/h4-11,14-19,24,30-31,37,41,44-45H,12-13,20-23,25-29H2,1-3H3,(H,62,72)(H,63,73)(H,70,71)(H,74,75)/t41?,44-,45-/m1/s1. The van der Waals surface area contributed by atoms with Crippen LogP contribution in [-0.2, 0) is 47.5 Å². The fraction of sp³-hybridized carbons (Fsp3) is 0.382. The lowest BCUT2D eigenvalue weighted by atomic mass is 9.92. The molecule has 0 spiro atoms. The van der Waals surface area contributed by atoms with Gasteiger partial charge in [-0.1, -0.05) is 73.7 Å². The zero-order chi connectivity index (χ0) is 61.3. The quantitative estimate of drug-likeness (QED) is 0.0493. The molecule has 0 bridgehead atoms. The molecule has 4 heterocycles. The van der Waals surface area contributed by atoms with Crippen LogP contribution in [0.15, 0.2) is 106 Å². The number of amides is 2. The minimum atomic E-state index is -5.39. The number of aromatic carboxylic acids is 1. The van der Waals surface area contributed by atoms with Crippen molar-refractivity contribution in [2.45, 2.75) is 105 Å². The van der Waals surface area contributed by atoms with Crippen LogP contribution in [0.5, 0.6) is 11.5 Å². The van der Waals surface area contributed by atoms with Gasteiger partial charge in [-0.2, -0.15) is 8.61 Å². The van der Waals surface area contributed by atoms with Crippen molar-refractivity contribution in [1.82, 2.24) is 29.2 Å². The van der Waals surface area contributed by atoms with E-state index in [1.165, 1.54) is 17.2 Å². The average Bonchev–Trinajstić information content (AvgIpc) is 2.28. The van der Waals surface area contributed by atoms with E-state index in [-0.39, 0.29) is 65.2 Å². The summed E-state index contributed by atoms with van der Waals surface area (Å²) in [6.45, 7) is 3.48. The van der Waals surface area contributed by atoms with Crippen LogP contribution in [0.25, 0.3) is 0 Å². The van der Waals surface area contributed by atoms with E-state index in [1.807, 2.05) is 50.2 Å². The number of aromatic nitrogens is 2. The second-order valence-electron chi connectivity index (χ2n) is 20.7. The van der Waals surface area contributed by atoms with Crippen LogP contribution < -0.4 is 29.9 Å². The lowest BCUT2D eigenvalue weighted by molar-refractivity contribution is -0.275. The molecule has 1 aliphatic carbocycles. The first-order chi connectivity index (χ1) is 40.0. The van der Waals surface area contributed by atoms with Crippen molar-refractivity contribution in [2.24, 2.45) is 0 Å². The number of carboxylic acids is 2. The zero-order valence-electron chi connectivity index (χ0n) is 45.5. The molecule has 2 saturated heterocycles. The minimum Gasteiger partial charge on any atom is -0.481 e. The lowest BCUT2D eigenvalue weighted by Gasteiger charge is -2.39. The summed E-state index contributed by atoms with van der Waals surface area (Å²) in [4.78, 5) is 64.0. The number of piperazine rings is 2. The predicted molar refractivity (Wildman–Crippen MR) is 299 cm³/mol. The van der Waals surface area contributed by atoms with Crippen LogP contribution in [0, 0.1) is 6.92 Å². The Labute approximate surface area is 492 Å². The Kier molecular flexibility index (Phi) is 18.2. The second kappa shape index (κ2) is 24.9. The summed E-state index contributed by atoms with van der Waals surface area (Å²) in [7, 11) is -9.56. The van der Waals surface area contributed by atoms with Gasteiger partial charge < -0.3 is 40.1 Å². The summed E-state index contributed by atoms with van der Waals surface area (Å²) in [6, 6.07) is 17.5. The molecule has 6 aromatic rings. The Morgan fingerprint density at radius 2 is 1.22 bits per heavy atom. The molecule has 2 aromatic heterocycles. The van der Waals surface area contributed by atoms with E-state index in [4.69, 9.17) is 0 Å². The third-order valence-electron chi connectivity index (χ3n) is 14.5. The molecule has 454 valence electrons. The number of sulfonamides is 2. The second-order valence-corrected chi connectivity index (χ2v) is 26.3. The molecule has 2 amide bonds. The van der Waals surface area contributed by atoms with E-state index >= 15 is 8.42 Å². The first kappa shape index (κ1) is 62.2. The number of carboxylic acid groups (broad SMARTS) is 2. The van der Waals surface area contributed by atoms with Crippen LogP contribution in [0.2, 0.25) is 0 Å². The number of halogens is 6. The van der Waals surface area contributed by atoms with Crippen LogP contribution in [-0.4, -0.2) is 133 Å². The number of hydrogen-bond donors (Lipinski definition) is 4. The Balaban J connectivity index is 1.02. The number of ether oxygens (including phenoxy) is 2. The van der Waals surface area contributed by atoms with Gasteiger partial charge in [-0.25, -0.2) is 31.6 Å². The van der Waals surface area contributed by atoms with E-state index in [1.54, 1.807) is 17.0 Å². The van der Waals surface area contributed by atoms with Gasteiger partial charge >= 0.3 is 24.7 Å². The molecular weight excluding hydrogens is 1210 g/mol. The van der Waals surface area contributed by atoms with E-state index in [2.05, 4.69) is 30.1 Å². The predicted octanol–water partition coefficient (Wildman–Crippen LogP) is 8.40. The van der Waals surface area contributed by atoms with Crippen molar-refractivity contribution >= 4 is 76.7 Å². The van der Waals surface area contributed by atoms with E-state index in [9.17, 15) is 64.2 Å². The van der Waals surface area contributed by atoms with Crippen LogP contribution in [0.4, 0.5) is 36.6 Å². The van der Waals surface area contributed by atoms with Crippen molar-refractivity contribution in [1.29, 1.82) is 0 Å². The number of benzene rings is 4. The van der Waals surface area contributed by atoms with Crippen LogP contribution >= 0.6 is 22.7 Å². The zero-order valence-corrected chi connectivity index (χ0v) is 48.7. The number of thiazole rings is 2. The molecule has 30 heteroatoms. The van der Waals surface area contributed by atoms with E-state index < -0.39 is 127 Å². The summed E-state index contributed by atoms with van der Waals surface area (Å²) in [5.74, 6) is -7.09.